The number of esters is 2. The van der Waals surface area contributed by atoms with Crippen LogP contribution >= 0.6 is 0 Å². The molecule has 0 bridgehead atoms. The molecule has 0 aliphatic carbocycles. The quantitative estimate of drug-likeness (QED) is 0.0171. The first-order chi connectivity index (χ1) is 39.0. The van der Waals surface area contributed by atoms with E-state index in [-0.39, 0.29) is 26.1 Å². The Balaban J connectivity index is 1.70. The van der Waals surface area contributed by atoms with Crippen LogP contribution in [0.1, 0.15) is 271 Å². The molecule has 11 unspecified atom stereocenters. The molecule has 0 spiro atoms. The highest BCUT2D eigenvalue weighted by molar-refractivity contribution is 5.70. The molecule has 11 atom stereocenters. The minimum Gasteiger partial charge on any atom is -0.462 e. The fraction of sp³-hybridized carbons (Fsp3) is 0.877. The lowest BCUT2D eigenvalue weighted by Crippen LogP contribution is -2.61. The first-order valence-corrected chi connectivity index (χ1v) is 32.6. The summed E-state index contributed by atoms with van der Waals surface area (Å²) in [5, 5.41) is 72.5. The van der Waals surface area contributed by atoms with Gasteiger partial charge in [-0.15, -0.1) is 0 Å². The lowest BCUT2D eigenvalue weighted by atomic mass is 9.98. The zero-order valence-corrected chi connectivity index (χ0v) is 50.3. The predicted octanol–water partition coefficient (Wildman–Crippen LogP) is 12.4. The molecule has 0 radical (unpaired) electrons. The van der Waals surface area contributed by atoms with Gasteiger partial charge in [0.2, 0.25) is 0 Å². The van der Waals surface area contributed by atoms with Gasteiger partial charge in [-0.3, -0.25) is 9.59 Å². The number of aliphatic hydroxyl groups excluding tert-OH is 7. The van der Waals surface area contributed by atoms with Gasteiger partial charge >= 0.3 is 11.9 Å². The van der Waals surface area contributed by atoms with Crippen molar-refractivity contribution < 1.29 is 73.8 Å². The van der Waals surface area contributed by atoms with Gasteiger partial charge < -0.3 is 64.2 Å². The van der Waals surface area contributed by atoms with Gasteiger partial charge in [0.25, 0.3) is 0 Å². The number of carbonyl (C=O) groups excluding carboxylic acids is 2. The van der Waals surface area contributed by atoms with Gasteiger partial charge in [-0.25, -0.2) is 0 Å². The molecular formula is C65H118O15. The highest BCUT2D eigenvalue weighted by Gasteiger charge is 2.47. The number of hydrogen-bond acceptors (Lipinski definition) is 15. The van der Waals surface area contributed by atoms with E-state index in [1.165, 1.54) is 180 Å². The Morgan fingerprint density at radius 1 is 0.400 bits per heavy atom. The molecule has 15 heteroatoms. The molecule has 2 fully saturated rings. The van der Waals surface area contributed by atoms with Crippen LogP contribution in [0.25, 0.3) is 0 Å². The summed E-state index contributed by atoms with van der Waals surface area (Å²) in [5.41, 5.74) is 0. The average molecular weight is 1140 g/mol. The smallest absolute Gasteiger partial charge is 0.306 e. The Morgan fingerprint density at radius 2 is 0.750 bits per heavy atom. The van der Waals surface area contributed by atoms with E-state index in [4.69, 9.17) is 28.4 Å². The number of rotatable bonds is 53. The third-order valence-electron chi connectivity index (χ3n) is 15.6. The average Bonchev–Trinajstić information content (AvgIpc) is 3.52. The van der Waals surface area contributed by atoms with Crippen LogP contribution in [-0.2, 0) is 38.0 Å². The van der Waals surface area contributed by atoms with Crippen molar-refractivity contribution in [2.24, 2.45) is 0 Å². The maximum Gasteiger partial charge on any atom is 0.306 e. The molecule has 0 amide bonds. The van der Waals surface area contributed by atoms with Gasteiger partial charge in [0.05, 0.1) is 19.8 Å². The van der Waals surface area contributed by atoms with E-state index in [0.717, 1.165) is 51.4 Å². The van der Waals surface area contributed by atoms with Crippen LogP contribution in [0.5, 0.6) is 0 Å². The van der Waals surface area contributed by atoms with Crippen LogP contribution in [0, 0.1) is 0 Å². The lowest BCUT2D eigenvalue weighted by molar-refractivity contribution is -0.332. The van der Waals surface area contributed by atoms with Crippen molar-refractivity contribution in [1.82, 2.24) is 0 Å². The van der Waals surface area contributed by atoms with Crippen LogP contribution in [0.3, 0.4) is 0 Å². The van der Waals surface area contributed by atoms with Crippen molar-refractivity contribution in [2.75, 3.05) is 26.4 Å². The van der Waals surface area contributed by atoms with Crippen molar-refractivity contribution in [3.05, 3.63) is 36.5 Å². The summed E-state index contributed by atoms with van der Waals surface area (Å²) < 4.78 is 33.8. The van der Waals surface area contributed by atoms with Gasteiger partial charge in [-0.2, -0.15) is 0 Å². The second kappa shape index (κ2) is 51.2. The fourth-order valence-electron chi connectivity index (χ4n) is 10.3. The summed E-state index contributed by atoms with van der Waals surface area (Å²) >= 11 is 0. The molecule has 15 nitrogen and oxygen atoms in total. The Hall–Kier alpha value is -2.28. The number of unbranched alkanes of at least 4 members (excludes halogenated alkanes) is 33. The van der Waals surface area contributed by atoms with Crippen molar-refractivity contribution in [3.8, 4) is 0 Å². The highest BCUT2D eigenvalue weighted by Crippen LogP contribution is 2.27. The summed E-state index contributed by atoms with van der Waals surface area (Å²) in [5.74, 6) is -0.917. The number of carbonyl (C=O) groups is 2. The van der Waals surface area contributed by atoms with E-state index < -0.39 is 92.7 Å². The molecule has 2 rings (SSSR count). The molecule has 2 aliphatic rings. The summed E-state index contributed by atoms with van der Waals surface area (Å²) in [6, 6.07) is 0. The highest BCUT2D eigenvalue weighted by atomic mass is 16.7. The van der Waals surface area contributed by atoms with Crippen LogP contribution in [0.4, 0.5) is 0 Å². The lowest BCUT2D eigenvalue weighted by Gasteiger charge is -2.42. The van der Waals surface area contributed by atoms with Gasteiger partial charge in [0, 0.05) is 12.8 Å². The minimum atomic E-state index is -1.77. The summed E-state index contributed by atoms with van der Waals surface area (Å²) in [6.45, 7) is 2.63. The normalized spacial score (nSPS) is 23.9. The van der Waals surface area contributed by atoms with Crippen molar-refractivity contribution >= 4 is 11.9 Å². The van der Waals surface area contributed by atoms with E-state index in [1.54, 1.807) is 0 Å². The Labute approximate surface area is 485 Å². The van der Waals surface area contributed by atoms with Gasteiger partial charge in [0.1, 0.15) is 55.4 Å². The summed E-state index contributed by atoms with van der Waals surface area (Å²) in [7, 11) is 0. The zero-order valence-electron chi connectivity index (χ0n) is 50.3. The third-order valence-corrected chi connectivity index (χ3v) is 15.6. The van der Waals surface area contributed by atoms with Gasteiger partial charge in [0.15, 0.2) is 18.7 Å². The van der Waals surface area contributed by atoms with Gasteiger partial charge in [-0.1, -0.05) is 224 Å². The molecule has 2 aliphatic heterocycles. The molecular weight excluding hydrogens is 1020 g/mol. The van der Waals surface area contributed by atoms with Crippen LogP contribution in [-0.4, -0.2) is 142 Å². The van der Waals surface area contributed by atoms with Crippen molar-refractivity contribution in [3.63, 3.8) is 0 Å². The second-order valence-corrected chi connectivity index (χ2v) is 22.9. The molecule has 2 saturated heterocycles. The Kier molecular flexibility index (Phi) is 47.2. The molecule has 0 aromatic heterocycles. The maximum absolute atomic E-state index is 13.1. The van der Waals surface area contributed by atoms with Gasteiger partial charge in [-0.05, 0) is 70.6 Å². The van der Waals surface area contributed by atoms with Crippen LogP contribution < -0.4 is 0 Å². The standard InChI is InChI=1S/C65H118O15/c1-3-5-7-9-11-13-15-17-19-21-23-25-26-28-30-32-34-36-38-40-42-44-46-48-57(68)78-53(51-76-64-63(74)61(72)59(70)55(80-64)52-77-65-62(73)60(71)58(69)54(49-66)79-65)50-75-56(67)47-45-43-41-39-37-35-33-31-29-27-24-22-20-18-16-14-12-10-8-6-4-2/h15,17,21-24,53-55,58-66,69-74H,3-14,16,18-20,25-52H2,1-2H3/b17-15-,23-21-,24-22-. The topological polar surface area (TPSA) is 231 Å². The maximum atomic E-state index is 13.1. The Bertz CT molecular complexity index is 1530. The number of allylic oxidation sites excluding steroid dienone is 6. The molecule has 0 aromatic carbocycles. The summed E-state index contributed by atoms with van der Waals surface area (Å²) in [4.78, 5) is 26.0. The fourth-order valence-corrected chi connectivity index (χ4v) is 10.3. The molecule has 0 saturated carbocycles. The minimum absolute atomic E-state index is 0.164. The molecule has 468 valence electrons. The van der Waals surface area contributed by atoms with Crippen molar-refractivity contribution in [1.29, 1.82) is 0 Å². The third kappa shape index (κ3) is 37.1. The molecule has 80 heavy (non-hydrogen) atoms. The first kappa shape index (κ1) is 73.8. The molecule has 2 heterocycles. The molecule has 7 N–H and O–H groups in total. The Morgan fingerprint density at radius 3 is 1.18 bits per heavy atom. The number of aliphatic hydroxyl groups is 7. The van der Waals surface area contributed by atoms with E-state index in [1.807, 2.05) is 0 Å². The predicted molar refractivity (Wildman–Crippen MR) is 317 cm³/mol. The van der Waals surface area contributed by atoms with E-state index >= 15 is 0 Å². The monoisotopic (exact) mass is 1140 g/mol. The van der Waals surface area contributed by atoms with E-state index in [9.17, 15) is 45.3 Å². The SMILES string of the molecule is CCCCCCC/C=C\C/C=C\CCCCCCCCCCCCCC(=O)OC(COC(=O)CCCCCCCCCCC/C=C\CCCCCCCCCC)COC1OC(COC2OC(CO)C(O)C(O)C2O)C(O)C(O)C1O. The number of ether oxygens (including phenoxy) is 6. The van der Waals surface area contributed by atoms with E-state index in [0.29, 0.717) is 12.8 Å². The van der Waals surface area contributed by atoms with Crippen LogP contribution in [0.2, 0.25) is 0 Å². The summed E-state index contributed by atoms with van der Waals surface area (Å²) in [6.07, 6.45) is 43.0. The first-order valence-electron chi connectivity index (χ1n) is 32.6. The number of hydrogen-bond donors (Lipinski definition) is 7. The molecule has 0 aromatic rings. The van der Waals surface area contributed by atoms with Crippen LogP contribution in [0.15, 0.2) is 36.5 Å². The van der Waals surface area contributed by atoms with Crippen molar-refractivity contribution in [2.45, 2.75) is 338 Å². The zero-order chi connectivity index (χ0) is 58.1. The second-order valence-electron chi connectivity index (χ2n) is 22.9. The largest absolute Gasteiger partial charge is 0.462 e. The van der Waals surface area contributed by atoms with E-state index in [2.05, 4.69) is 50.3 Å².